The van der Waals surface area contributed by atoms with Gasteiger partial charge in [0.2, 0.25) is 5.91 Å². The summed E-state index contributed by atoms with van der Waals surface area (Å²) >= 11 is 0. The highest BCUT2D eigenvalue weighted by Crippen LogP contribution is 2.17. The molecule has 2 N–H and O–H groups in total. The normalized spacial score (nSPS) is 9.09. The van der Waals surface area contributed by atoms with Gasteiger partial charge in [0, 0.05) is 17.8 Å². The number of anilines is 2. The van der Waals surface area contributed by atoms with Gasteiger partial charge in [0.1, 0.15) is 23.9 Å². The lowest BCUT2D eigenvalue weighted by Gasteiger charge is -2.09. The molecular formula is C16H15N5O. The number of nitrogens with zero attached hydrogens (tertiary/aromatic N) is 3. The summed E-state index contributed by atoms with van der Waals surface area (Å²) in [5, 5.41) is 31.9. The number of carbonyl (C=O) groups is 1. The van der Waals surface area contributed by atoms with Crippen LogP contribution in [0.5, 0.6) is 0 Å². The van der Waals surface area contributed by atoms with Gasteiger partial charge < -0.3 is 10.6 Å². The highest BCUT2D eigenvalue weighted by atomic mass is 16.1. The first-order chi connectivity index (χ1) is 10.5. The van der Waals surface area contributed by atoms with Crippen LogP contribution in [0.2, 0.25) is 0 Å². The molecule has 6 nitrogen and oxygen atoms in total. The van der Waals surface area contributed by atoms with E-state index in [1.165, 1.54) is 0 Å². The average molecular weight is 293 g/mol. The third-order valence-corrected chi connectivity index (χ3v) is 2.62. The molecule has 110 valence electrons. The molecular weight excluding hydrogens is 278 g/mol. The molecule has 0 aliphatic carbocycles. The minimum atomic E-state index is -0.281. The van der Waals surface area contributed by atoms with Crippen molar-refractivity contribution in [1.82, 2.24) is 0 Å². The summed E-state index contributed by atoms with van der Waals surface area (Å²) in [6.07, 6.45) is 0.440. The maximum absolute atomic E-state index is 11.6. The van der Waals surface area contributed by atoms with Crippen LogP contribution < -0.4 is 10.6 Å². The van der Waals surface area contributed by atoms with Crippen molar-refractivity contribution in [1.29, 1.82) is 15.8 Å². The van der Waals surface area contributed by atoms with Crippen molar-refractivity contribution in [2.75, 3.05) is 10.6 Å². The van der Waals surface area contributed by atoms with E-state index < -0.39 is 0 Å². The van der Waals surface area contributed by atoms with Gasteiger partial charge in [0.15, 0.2) is 5.57 Å². The molecule has 0 saturated heterocycles. The Kier molecular flexibility index (Phi) is 6.16. The van der Waals surface area contributed by atoms with E-state index >= 15 is 0 Å². The minimum absolute atomic E-state index is 0.0652. The van der Waals surface area contributed by atoms with Crippen LogP contribution in [0, 0.1) is 39.9 Å². The number of benzene rings is 1. The van der Waals surface area contributed by atoms with Crippen molar-refractivity contribution in [2.45, 2.75) is 20.3 Å². The second-order valence-corrected chi connectivity index (χ2v) is 4.93. The van der Waals surface area contributed by atoms with E-state index in [1.807, 2.05) is 13.8 Å². The van der Waals surface area contributed by atoms with Crippen LogP contribution >= 0.6 is 0 Å². The molecule has 0 aromatic heterocycles. The third-order valence-electron chi connectivity index (χ3n) is 2.62. The quantitative estimate of drug-likeness (QED) is 0.810. The first-order valence-electron chi connectivity index (χ1n) is 6.61. The zero-order valence-corrected chi connectivity index (χ0v) is 12.3. The third kappa shape index (κ3) is 5.00. The number of amides is 1. The Morgan fingerprint density at radius 1 is 1.00 bits per heavy atom. The molecule has 1 rings (SSSR count). The molecule has 0 radical (unpaired) electrons. The fourth-order valence-electron chi connectivity index (χ4n) is 1.65. The van der Waals surface area contributed by atoms with Crippen molar-refractivity contribution < 1.29 is 4.79 Å². The molecule has 1 aromatic rings. The number of hydrogen-bond donors (Lipinski definition) is 2. The predicted octanol–water partition coefficient (Wildman–Crippen LogP) is 2.91. The van der Waals surface area contributed by atoms with Crippen molar-refractivity contribution in [3.63, 3.8) is 0 Å². The van der Waals surface area contributed by atoms with Crippen molar-refractivity contribution in [2.24, 2.45) is 5.92 Å². The van der Waals surface area contributed by atoms with Crippen LogP contribution in [-0.4, -0.2) is 5.91 Å². The smallest absolute Gasteiger partial charge is 0.224 e. The number of allylic oxidation sites excluding steroid dienone is 2. The van der Waals surface area contributed by atoms with Crippen molar-refractivity contribution in [3.05, 3.63) is 35.5 Å². The Bertz CT molecular complexity index is 680. The number of hydrogen-bond acceptors (Lipinski definition) is 5. The Morgan fingerprint density at radius 3 is 1.91 bits per heavy atom. The fourth-order valence-corrected chi connectivity index (χ4v) is 1.65. The number of carbonyl (C=O) groups excluding carboxylic acids is 1. The fraction of sp³-hybridized carbons (Fsp3) is 0.250. The molecule has 1 amide bonds. The Hall–Kier alpha value is -3.30. The van der Waals surface area contributed by atoms with Gasteiger partial charge >= 0.3 is 0 Å². The molecule has 0 atom stereocenters. The maximum atomic E-state index is 11.6. The molecule has 0 heterocycles. The molecule has 0 saturated carbocycles. The zero-order valence-electron chi connectivity index (χ0n) is 12.3. The summed E-state index contributed by atoms with van der Waals surface area (Å²) in [6.45, 7) is 3.93. The van der Waals surface area contributed by atoms with E-state index in [4.69, 9.17) is 15.8 Å². The SMILES string of the molecule is CC(C)CC(=O)Nc1ccc(NC(C#N)=C(C#N)C#N)cc1. The molecule has 6 heteroatoms. The van der Waals surface area contributed by atoms with Gasteiger partial charge in [-0.3, -0.25) is 4.79 Å². The maximum Gasteiger partial charge on any atom is 0.224 e. The summed E-state index contributed by atoms with van der Waals surface area (Å²) in [5.41, 5.74) is 0.791. The second kappa shape index (κ2) is 8.09. The minimum Gasteiger partial charge on any atom is -0.345 e. The molecule has 0 bridgehead atoms. The van der Waals surface area contributed by atoms with E-state index in [-0.39, 0.29) is 23.1 Å². The lowest BCUT2D eigenvalue weighted by atomic mass is 10.1. The lowest BCUT2D eigenvalue weighted by Crippen LogP contribution is -2.13. The van der Waals surface area contributed by atoms with Crippen LogP contribution in [0.4, 0.5) is 11.4 Å². The van der Waals surface area contributed by atoms with Crippen LogP contribution in [0.25, 0.3) is 0 Å². The van der Waals surface area contributed by atoms with Gasteiger partial charge in [-0.05, 0) is 30.2 Å². The average Bonchev–Trinajstić information content (AvgIpc) is 2.48. The van der Waals surface area contributed by atoms with Gasteiger partial charge in [-0.1, -0.05) is 13.8 Å². The summed E-state index contributed by atoms with van der Waals surface area (Å²) in [6, 6.07) is 11.7. The van der Waals surface area contributed by atoms with E-state index in [2.05, 4.69) is 10.6 Å². The molecule has 0 spiro atoms. The summed E-state index contributed by atoms with van der Waals surface area (Å²) in [5.74, 6) is 0.212. The molecule has 22 heavy (non-hydrogen) atoms. The van der Waals surface area contributed by atoms with Crippen molar-refractivity contribution >= 4 is 17.3 Å². The Balaban J connectivity index is 2.81. The Labute approximate surface area is 129 Å². The number of nitriles is 3. The Morgan fingerprint density at radius 2 is 1.50 bits per heavy atom. The molecule has 1 aromatic carbocycles. The van der Waals surface area contributed by atoms with Crippen LogP contribution in [0.15, 0.2) is 35.5 Å². The number of nitrogens with one attached hydrogen (secondary N) is 2. The van der Waals surface area contributed by atoms with Gasteiger partial charge in [0.25, 0.3) is 0 Å². The molecule has 0 fully saturated rings. The first kappa shape index (κ1) is 16.8. The van der Waals surface area contributed by atoms with E-state index in [9.17, 15) is 4.79 Å². The van der Waals surface area contributed by atoms with Crippen LogP contribution in [-0.2, 0) is 4.79 Å². The van der Waals surface area contributed by atoms with Gasteiger partial charge in [-0.2, -0.15) is 15.8 Å². The summed E-state index contributed by atoms with van der Waals surface area (Å²) in [7, 11) is 0. The summed E-state index contributed by atoms with van der Waals surface area (Å²) < 4.78 is 0. The number of rotatable bonds is 5. The van der Waals surface area contributed by atoms with Crippen molar-refractivity contribution in [3.8, 4) is 18.2 Å². The van der Waals surface area contributed by atoms with Gasteiger partial charge in [0.05, 0.1) is 0 Å². The standard InChI is InChI=1S/C16H15N5O/c1-11(2)7-16(22)21-14-5-3-13(4-6-14)20-15(10-19)12(8-17)9-18/h3-6,11,20H,7H2,1-2H3,(H,21,22). The largest absolute Gasteiger partial charge is 0.345 e. The van der Waals surface area contributed by atoms with Crippen LogP contribution in [0.3, 0.4) is 0 Å². The van der Waals surface area contributed by atoms with Crippen LogP contribution in [0.1, 0.15) is 20.3 Å². The van der Waals surface area contributed by atoms with E-state index in [0.717, 1.165) is 0 Å². The molecule has 0 aliphatic rings. The molecule has 0 aliphatic heterocycles. The predicted molar refractivity (Wildman–Crippen MR) is 82.0 cm³/mol. The van der Waals surface area contributed by atoms with Gasteiger partial charge in [-0.25, -0.2) is 0 Å². The topological polar surface area (TPSA) is 112 Å². The second-order valence-electron chi connectivity index (χ2n) is 4.93. The summed E-state index contributed by atoms with van der Waals surface area (Å²) in [4.78, 5) is 11.6. The monoisotopic (exact) mass is 293 g/mol. The lowest BCUT2D eigenvalue weighted by molar-refractivity contribution is -0.116. The zero-order chi connectivity index (χ0) is 16.5. The van der Waals surface area contributed by atoms with Gasteiger partial charge in [-0.15, -0.1) is 0 Å². The first-order valence-corrected chi connectivity index (χ1v) is 6.61. The highest BCUT2D eigenvalue weighted by molar-refractivity contribution is 5.91. The highest BCUT2D eigenvalue weighted by Gasteiger charge is 2.07. The van der Waals surface area contributed by atoms with E-state index in [1.54, 1.807) is 42.5 Å². The van der Waals surface area contributed by atoms with E-state index in [0.29, 0.717) is 17.8 Å². The molecule has 0 unspecified atom stereocenters.